The predicted octanol–water partition coefficient (Wildman–Crippen LogP) is 11.5. The molecular formula is C50H50O4S. The lowest BCUT2D eigenvalue weighted by atomic mass is 9.95. The van der Waals surface area contributed by atoms with E-state index in [4.69, 9.17) is 18.9 Å². The molecule has 1 heterocycles. The molecule has 0 aliphatic carbocycles. The maximum absolute atomic E-state index is 7.05. The molecule has 0 amide bonds. The second-order valence-corrected chi connectivity index (χ2v) is 15.4. The van der Waals surface area contributed by atoms with Crippen LogP contribution in [0.25, 0.3) is 12.2 Å². The molecule has 1 aliphatic heterocycles. The number of ether oxygens (including phenoxy) is 4. The van der Waals surface area contributed by atoms with E-state index in [-0.39, 0.29) is 28.8 Å². The Hall–Kier alpha value is -4.75. The van der Waals surface area contributed by atoms with Crippen LogP contribution in [0.1, 0.15) is 56.7 Å². The average Bonchev–Trinajstić information content (AvgIpc) is 3.25. The predicted molar refractivity (Wildman–Crippen MR) is 226 cm³/mol. The van der Waals surface area contributed by atoms with Crippen LogP contribution in [-0.4, -0.2) is 30.2 Å². The summed E-state index contributed by atoms with van der Waals surface area (Å²) in [7, 11) is 0. The largest absolute Gasteiger partial charge is 0.376 e. The van der Waals surface area contributed by atoms with Gasteiger partial charge in [-0.25, -0.2) is 0 Å². The normalized spacial score (nSPS) is 19.8. The van der Waals surface area contributed by atoms with Crippen LogP contribution in [0.4, 0.5) is 0 Å². The third kappa shape index (κ3) is 11.2. The van der Waals surface area contributed by atoms with E-state index >= 15 is 0 Å². The molecule has 7 rings (SSSR count). The molecule has 0 N–H and O–H groups in total. The first-order valence-corrected chi connectivity index (χ1v) is 20.3. The van der Waals surface area contributed by atoms with Crippen molar-refractivity contribution in [1.29, 1.82) is 0 Å². The molecule has 5 heteroatoms. The van der Waals surface area contributed by atoms with Gasteiger partial charge in [-0.1, -0.05) is 189 Å². The topological polar surface area (TPSA) is 36.9 Å². The second kappa shape index (κ2) is 20.2. The summed E-state index contributed by atoms with van der Waals surface area (Å²) in [5.74, 6) is 0. The SMILES string of the molecule is CCc1ccc(/C=C/c2cccc([C@@H]3S[C@H](COCc4ccccc4)[C@@H](OCc4ccccc4)[C@H](OCc4ccccc4)[C@H]3OCc3ccccc3)c2)cc1. The fraction of sp³-hybridized carbons (Fsp3) is 0.240. The van der Waals surface area contributed by atoms with E-state index in [1.54, 1.807) is 0 Å². The Kier molecular flexibility index (Phi) is 14.2. The highest BCUT2D eigenvalue weighted by atomic mass is 32.2. The molecule has 1 aliphatic rings. The Balaban J connectivity index is 1.24. The smallest absolute Gasteiger partial charge is 0.113 e. The van der Waals surface area contributed by atoms with Crippen molar-refractivity contribution >= 4 is 23.9 Å². The third-order valence-corrected chi connectivity index (χ3v) is 11.6. The summed E-state index contributed by atoms with van der Waals surface area (Å²) in [5, 5.41) is -0.0883. The van der Waals surface area contributed by atoms with E-state index in [1.807, 2.05) is 36.0 Å². The molecule has 0 aromatic heterocycles. The van der Waals surface area contributed by atoms with E-state index in [9.17, 15) is 0 Å². The summed E-state index contributed by atoms with van der Waals surface area (Å²) >= 11 is 1.88. The molecule has 0 unspecified atom stereocenters. The molecule has 6 aromatic carbocycles. The van der Waals surface area contributed by atoms with Gasteiger partial charge in [-0.2, -0.15) is 0 Å². The van der Waals surface area contributed by atoms with E-state index in [1.165, 1.54) is 16.7 Å². The van der Waals surface area contributed by atoms with Crippen molar-refractivity contribution in [2.75, 3.05) is 6.61 Å². The van der Waals surface area contributed by atoms with Gasteiger partial charge in [0.2, 0.25) is 0 Å². The Morgan fingerprint density at radius 3 is 1.49 bits per heavy atom. The summed E-state index contributed by atoms with van der Waals surface area (Å²) in [4.78, 5) is 0. The van der Waals surface area contributed by atoms with Gasteiger partial charge in [0, 0.05) is 0 Å². The highest BCUT2D eigenvalue weighted by Gasteiger charge is 2.48. The average molecular weight is 747 g/mol. The lowest BCUT2D eigenvalue weighted by Crippen LogP contribution is -2.54. The number of aryl methyl sites for hydroxylation is 1. The highest BCUT2D eigenvalue weighted by molar-refractivity contribution is 8.00. The summed E-state index contributed by atoms with van der Waals surface area (Å²) in [6, 6.07) is 59.2. The molecule has 5 atom stereocenters. The minimum atomic E-state index is -0.388. The van der Waals surface area contributed by atoms with Crippen LogP contribution in [0, 0.1) is 0 Å². The standard InChI is InChI=1S/C50H50O4S/c1-2-38-26-28-39(29-27-38)30-31-40-24-15-25-45(32-40)50-49(54-36-44-22-13-6-14-23-44)48(53-35-43-20-11-5-12-21-43)47(52-34-42-18-9-4-10-19-42)46(55-50)37-51-33-41-16-7-3-8-17-41/h3-32,46-50H,2,33-37H2,1H3/b31-30+/t46-,47-,48+,49-,50+/m1/s1. The number of rotatable bonds is 17. The van der Waals surface area contributed by atoms with Crippen molar-refractivity contribution in [2.24, 2.45) is 0 Å². The summed E-state index contributed by atoms with van der Waals surface area (Å²) < 4.78 is 27.6. The van der Waals surface area contributed by atoms with Gasteiger partial charge in [-0.3, -0.25) is 0 Å². The lowest BCUT2D eigenvalue weighted by Gasteiger charge is -2.46. The number of thioether (sulfide) groups is 1. The van der Waals surface area contributed by atoms with Gasteiger partial charge >= 0.3 is 0 Å². The molecule has 4 nitrogen and oxygen atoms in total. The molecule has 0 saturated carbocycles. The molecule has 55 heavy (non-hydrogen) atoms. The third-order valence-electron chi connectivity index (χ3n) is 9.98. The minimum Gasteiger partial charge on any atom is -0.376 e. The molecule has 0 spiro atoms. The van der Waals surface area contributed by atoms with Crippen LogP contribution in [0.15, 0.2) is 170 Å². The summed E-state index contributed by atoms with van der Waals surface area (Å²) in [6.07, 6.45) is 4.41. The van der Waals surface area contributed by atoms with Crippen LogP contribution >= 0.6 is 11.8 Å². The van der Waals surface area contributed by atoms with Crippen LogP contribution in [0.3, 0.4) is 0 Å². The van der Waals surface area contributed by atoms with Crippen molar-refractivity contribution in [3.05, 3.63) is 214 Å². The lowest BCUT2D eigenvalue weighted by molar-refractivity contribution is -0.160. The number of hydrogen-bond acceptors (Lipinski definition) is 5. The second-order valence-electron chi connectivity index (χ2n) is 14.0. The zero-order valence-electron chi connectivity index (χ0n) is 31.5. The fourth-order valence-electron chi connectivity index (χ4n) is 6.95. The Morgan fingerprint density at radius 1 is 0.455 bits per heavy atom. The van der Waals surface area contributed by atoms with Crippen molar-refractivity contribution < 1.29 is 18.9 Å². The maximum Gasteiger partial charge on any atom is 0.113 e. The van der Waals surface area contributed by atoms with E-state index < -0.39 is 0 Å². The van der Waals surface area contributed by atoms with Crippen LogP contribution in [-0.2, 0) is 51.8 Å². The molecule has 1 saturated heterocycles. The van der Waals surface area contributed by atoms with Gasteiger partial charge in [-0.05, 0) is 50.9 Å². The zero-order chi connectivity index (χ0) is 37.5. The highest BCUT2D eigenvalue weighted by Crippen LogP contribution is 2.47. The van der Waals surface area contributed by atoms with Crippen LogP contribution in [0.5, 0.6) is 0 Å². The van der Waals surface area contributed by atoms with E-state index in [0.717, 1.165) is 34.2 Å². The first-order chi connectivity index (χ1) is 27.2. The molecular weight excluding hydrogens is 697 g/mol. The van der Waals surface area contributed by atoms with Gasteiger partial charge in [0.25, 0.3) is 0 Å². The molecule has 0 bridgehead atoms. The Bertz CT molecular complexity index is 2020. The molecule has 6 aromatic rings. The molecule has 280 valence electrons. The monoisotopic (exact) mass is 746 g/mol. The fourth-order valence-corrected chi connectivity index (χ4v) is 8.59. The summed E-state index contributed by atoms with van der Waals surface area (Å²) in [6.45, 7) is 4.57. The van der Waals surface area contributed by atoms with Gasteiger partial charge in [0.15, 0.2) is 0 Å². The first-order valence-electron chi connectivity index (χ1n) is 19.3. The van der Waals surface area contributed by atoms with Gasteiger partial charge in [-0.15, -0.1) is 11.8 Å². The van der Waals surface area contributed by atoms with Crippen LogP contribution < -0.4 is 0 Å². The maximum atomic E-state index is 7.05. The Labute approximate surface area is 331 Å². The molecule has 1 fully saturated rings. The number of hydrogen-bond donors (Lipinski definition) is 0. The quantitative estimate of drug-likeness (QED) is 0.0869. The minimum absolute atomic E-state index is 0.0361. The van der Waals surface area contributed by atoms with Crippen molar-refractivity contribution in [3.63, 3.8) is 0 Å². The van der Waals surface area contributed by atoms with E-state index in [2.05, 4.69) is 165 Å². The molecule has 0 radical (unpaired) electrons. The van der Waals surface area contributed by atoms with Gasteiger partial charge in [0.1, 0.15) is 18.3 Å². The van der Waals surface area contributed by atoms with E-state index in [0.29, 0.717) is 33.0 Å². The number of benzene rings is 6. The summed E-state index contributed by atoms with van der Waals surface area (Å²) in [5.41, 5.74) is 9.34. The van der Waals surface area contributed by atoms with Crippen molar-refractivity contribution in [1.82, 2.24) is 0 Å². The zero-order valence-corrected chi connectivity index (χ0v) is 32.3. The van der Waals surface area contributed by atoms with Crippen LogP contribution in [0.2, 0.25) is 0 Å². The van der Waals surface area contributed by atoms with Crippen molar-refractivity contribution in [2.45, 2.75) is 68.6 Å². The Morgan fingerprint density at radius 2 is 0.945 bits per heavy atom. The first kappa shape index (κ1) is 38.5. The van der Waals surface area contributed by atoms with Gasteiger partial charge < -0.3 is 18.9 Å². The van der Waals surface area contributed by atoms with Crippen molar-refractivity contribution in [3.8, 4) is 0 Å². The van der Waals surface area contributed by atoms with Gasteiger partial charge in [0.05, 0.1) is 43.5 Å².